The molecule has 0 amide bonds. The number of nitrogens with one attached hydrogen (secondary N) is 1. The number of hydrogen-bond acceptors (Lipinski definition) is 5. The Labute approximate surface area is 114 Å². The molecule has 1 fully saturated rings. The van der Waals surface area contributed by atoms with Gasteiger partial charge >= 0.3 is 0 Å². The van der Waals surface area contributed by atoms with Crippen molar-refractivity contribution in [3.8, 4) is 0 Å². The van der Waals surface area contributed by atoms with Crippen molar-refractivity contribution in [1.82, 2.24) is 0 Å². The van der Waals surface area contributed by atoms with Gasteiger partial charge in [-0.1, -0.05) is 15.9 Å². The summed E-state index contributed by atoms with van der Waals surface area (Å²) in [7, 11) is 0. The Kier molecular flexibility index (Phi) is 4.24. The maximum Gasteiger partial charge on any atom is 0.157 e. The molecule has 1 saturated heterocycles. The number of benzene rings is 1. The third kappa shape index (κ3) is 2.84. The number of aliphatic hydroxyl groups is 3. The lowest BCUT2D eigenvalue weighted by Gasteiger charge is -2.39. The van der Waals surface area contributed by atoms with E-state index < -0.39 is 30.6 Å². The summed E-state index contributed by atoms with van der Waals surface area (Å²) in [5.74, 6) is 0. The summed E-state index contributed by atoms with van der Waals surface area (Å²) in [6.07, 6.45) is -4.78. The normalized spacial score (nSPS) is 36.4. The van der Waals surface area contributed by atoms with E-state index in [-0.39, 0.29) is 0 Å². The standard InChI is InChI=1S/C12H16BrNO4/c1-6-9(15)10(16)11(17)12(18-6)14-8-4-2-7(13)3-5-8/h2-6,9-12,14-17H,1H3/t6-,9+,10+,11+,12-/m1/s1. The molecule has 0 aliphatic carbocycles. The molecule has 1 aromatic carbocycles. The minimum absolute atomic E-state index is 0.545. The van der Waals surface area contributed by atoms with Crippen molar-refractivity contribution in [3.63, 3.8) is 0 Å². The first-order chi connectivity index (χ1) is 8.49. The van der Waals surface area contributed by atoms with Crippen LogP contribution in [0.5, 0.6) is 0 Å². The van der Waals surface area contributed by atoms with Crippen molar-refractivity contribution in [1.29, 1.82) is 0 Å². The van der Waals surface area contributed by atoms with Gasteiger partial charge < -0.3 is 25.4 Å². The minimum atomic E-state index is -1.22. The second-order valence-electron chi connectivity index (χ2n) is 4.38. The lowest BCUT2D eigenvalue weighted by molar-refractivity contribution is -0.209. The van der Waals surface area contributed by atoms with Crippen LogP contribution >= 0.6 is 15.9 Å². The Morgan fingerprint density at radius 2 is 1.67 bits per heavy atom. The van der Waals surface area contributed by atoms with Gasteiger partial charge in [-0.05, 0) is 31.2 Å². The highest BCUT2D eigenvalue weighted by atomic mass is 79.9. The fraction of sp³-hybridized carbons (Fsp3) is 0.500. The molecular formula is C12H16BrNO4. The Morgan fingerprint density at radius 1 is 1.06 bits per heavy atom. The maximum absolute atomic E-state index is 9.83. The molecule has 0 unspecified atom stereocenters. The second-order valence-corrected chi connectivity index (χ2v) is 5.30. The second kappa shape index (κ2) is 5.54. The number of halogens is 1. The molecule has 0 bridgehead atoms. The number of anilines is 1. The van der Waals surface area contributed by atoms with Crippen molar-refractivity contribution in [2.45, 2.75) is 37.6 Å². The summed E-state index contributed by atoms with van der Waals surface area (Å²) in [4.78, 5) is 0. The number of aliphatic hydroxyl groups excluding tert-OH is 3. The van der Waals surface area contributed by atoms with Crippen molar-refractivity contribution in [3.05, 3.63) is 28.7 Å². The lowest BCUT2D eigenvalue weighted by atomic mass is 9.99. The van der Waals surface area contributed by atoms with E-state index in [2.05, 4.69) is 21.2 Å². The van der Waals surface area contributed by atoms with Gasteiger partial charge in [-0.25, -0.2) is 0 Å². The van der Waals surface area contributed by atoms with Crippen LogP contribution in [0.15, 0.2) is 28.7 Å². The van der Waals surface area contributed by atoms with E-state index in [0.717, 1.165) is 10.2 Å². The Bertz CT molecular complexity index is 400. The van der Waals surface area contributed by atoms with Gasteiger partial charge in [-0.2, -0.15) is 0 Å². The van der Waals surface area contributed by atoms with Crippen LogP contribution in [0.1, 0.15) is 6.92 Å². The maximum atomic E-state index is 9.83. The molecular weight excluding hydrogens is 302 g/mol. The molecule has 0 aromatic heterocycles. The van der Waals surface area contributed by atoms with E-state index in [1.807, 2.05) is 24.3 Å². The predicted octanol–water partition coefficient (Wildman–Crippen LogP) is 0.688. The van der Waals surface area contributed by atoms with E-state index >= 15 is 0 Å². The highest BCUT2D eigenvalue weighted by Crippen LogP contribution is 2.23. The molecule has 100 valence electrons. The molecule has 0 saturated carbocycles. The number of rotatable bonds is 2. The van der Waals surface area contributed by atoms with Gasteiger partial charge in [0.05, 0.1) is 6.10 Å². The summed E-state index contributed by atoms with van der Waals surface area (Å²) in [6.45, 7) is 1.65. The van der Waals surface area contributed by atoms with Crippen LogP contribution in [0, 0.1) is 0 Å². The quantitative estimate of drug-likeness (QED) is 0.645. The third-order valence-corrected chi connectivity index (χ3v) is 3.53. The van der Waals surface area contributed by atoms with Gasteiger partial charge in [-0.15, -0.1) is 0 Å². The average Bonchev–Trinajstić information content (AvgIpc) is 2.36. The van der Waals surface area contributed by atoms with Crippen molar-refractivity contribution in [2.24, 2.45) is 0 Å². The zero-order chi connectivity index (χ0) is 13.3. The summed E-state index contributed by atoms with van der Waals surface area (Å²) >= 11 is 3.33. The van der Waals surface area contributed by atoms with E-state index in [1.54, 1.807) is 6.92 Å². The molecule has 4 N–H and O–H groups in total. The van der Waals surface area contributed by atoms with Gasteiger partial charge in [0.1, 0.15) is 18.3 Å². The monoisotopic (exact) mass is 317 g/mol. The average molecular weight is 318 g/mol. The summed E-state index contributed by atoms with van der Waals surface area (Å²) in [6, 6.07) is 7.35. The Hall–Kier alpha value is -0.660. The smallest absolute Gasteiger partial charge is 0.157 e. The first kappa shape index (κ1) is 13.8. The van der Waals surface area contributed by atoms with Crippen LogP contribution in [-0.2, 0) is 4.74 Å². The lowest BCUT2D eigenvalue weighted by Crippen LogP contribution is -2.58. The van der Waals surface area contributed by atoms with Gasteiger partial charge in [0, 0.05) is 10.2 Å². The fourth-order valence-corrected chi connectivity index (χ4v) is 2.15. The molecule has 2 rings (SSSR count). The van der Waals surface area contributed by atoms with Crippen LogP contribution in [0.4, 0.5) is 5.69 Å². The van der Waals surface area contributed by atoms with E-state index in [1.165, 1.54) is 0 Å². The zero-order valence-electron chi connectivity index (χ0n) is 9.82. The van der Waals surface area contributed by atoms with Crippen LogP contribution in [0.2, 0.25) is 0 Å². The predicted molar refractivity (Wildman–Crippen MR) is 70.1 cm³/mol. The first-order valence-corrected chi connectivity index (χ1v) is 6.50. The first-order valence-electron chi connectivity index (χ1n) is 5.71. The molecule has 1 aliphatic rings. The van der Waals surface area contributed by atoms with Gasteiger partial charge in [0.15, 0.2) is 6.23 Å². The minimum Gasteiger partial charge on any atom is -0.388 e. The summed E-state index contributed by atoms with van der Waals surface area (Å²) in [5, 5.41) is 32.1. The molecule has 0 radical (unpaired) electrons. The van der Waals surface area contributed by atoms with Gasteiger partial charge in [0.2, 0.25) is 0 Å². The molecule has 0 spiro atoms. The Balaban J connectivity index is 2.06. The van der Waals surface area contributed by atoms with Crippen LogP contribution in [0.3, 0.4) is 0 Å². The Morgan fingerprint density at radius 3 is 2.28 bits per heavy atom. The van der Waals surface area contributed by atoms with E-state index in [9.17, 15) is 15.3 Å². The highest BCUT2D eigenvalue weighted by molar-refractivity contribution is 9.10. The molecule has 6 heteroatoms. The molecule has 1 aromatic rings. The van der Waals surface area contributed by atoms with Crippen molar-refractivity contribution in [2.75, 3.05) is 5.32 Å². The van der Waals surface area contributed by atoms with Crippen LogP contribution < -0.4 is 5.32 Å². The largest absolute Gasteiger partial charge is 0.388 e. The SMILES string of the molecule is C[C@H]1O[C@@H](Nc2ccc(Br)cc2)[C@@H](O)[C@@H](O)[C@H]1O. The summed E-state index contributed by atoms with van der Waals surface area (Å²) in [5.41, 5.74) is 0.762. The van der Waals surface area contributed by atoms with Gasteiger partial charge in [-0.3, -0.25) is 0 Å². The van der Waals surface area contributed by atoms with Crippen LogP contribution in [-0.4, -0.2) is 46.0 Å². The van der Waals surface area contributed by atoms with Gasteiger partial charge in [0.25, 0.3) is 0 Å². The van der Waals surface area contributed by atoms with Crippen molar-refractivity contribution < 1.29 is 20.1 Å². The highest BCUT2D eigenvalue weighted by Gasteiger charge is 2.41. The molecule has 1 aliphatic heterocycles. The van der Waals surface area contributed by atoms with Crippen molar-refractivity contribution >= 4 is 21.6 Å². The topological polar surface area (TPSA) is 82.0 Å². The fourth-order valence-electron chi connectivity index (χ4n) is 1.88. The zero-order valence-corrected chi connectivity index (χ0v) is 11.4. The number of hydrogen-bond donors (Lipinski definition) is 4. The third-order valence-electron chi connectivity index (χ3n) is 3.01. The molecule has 1 heterocycles. The van der Waals surface area contributed by atoms with Crippen LogP contribution in [0.25, 0.3) is 0 Å². The molecule has 5 atom stereocenters. The number of ether oxygens (including phenoxy) is 1. The molecule has 5 nitrogen and oxygen atoms in total. The van der Waals surface area contributed by atoms with E-state index in [0.29, 0.717) is 0 Å². The molecule has 18 heavy (non-hydrogen) atoms. The van der Waals surface area contributed by atoms with E-state index in [4.69, 9.17) is 4.74 Å². The summed E-state index contributed by atoms with van der Waals surface area (Å²) < 4.78 is 6.38.